The molecule has 3 N–H and O–H groups in total. The third-order valence-corrected chi connectivity index (χ3v) is 2.13. The van der Waals surface area contributed by atoms with Crippen LogP contribution in [0.4, 0.5) is 5.82 Å². The van der Waals surface area contributed by atoms with Gasteiger partial charge in [0.2, 0.25) is 0 Å². The summed E-state index contributed by atoms with van der Waals surface area (Å²) in [5.41, 5.74) is 2.53. The van der Waals surface area contributed by atoms with Crippen LogP contribution in [0.2, 0.25) is 0 Å². The number of rotatable bonds is 3. The van der Waals surface area contributed by atoms with Crippen molar-refractivity contribution < 1.29 is 0 Å². The lowest BCUT2D eigenvalue weighted by Crippen LogP contribution is -2.13. The van der Waals surface area contributed by atoms with E-state index in [0.717, 1.165) is 5.82 Å². The van der Waals surface area contributed by atoms with Crippen molar-refractivity contribution >= 4 is 5.82 Å². The molecule has 2 rings (SSSR count). The van der Waals surface area contributed by atoms with Gasteiger partial charge in [-0.2, -0.15) is 5.10 Å². The fourth-order valence-corrected chi connectivity index (χ4v) is 1.31. The van der Waals surface area contributed by atoms with Crippen molar-refractivity contribution in [2.45, 2.75) is 19.8 Å². The predicted octanol–water partition coefficient (Wildman–Crippen LogP) is 1.07. The van der Waals surface area contributed by atoms with Crippen LogP contribution in [0, 0.1) is 0 Å². The van der Waals surface area contributed by atoms with Gasteiger partial charge in [-0.15, -0.1) is 0 Å². The van der Waals surface area contributed by atoms with Crippen LogP contribution < -0.4 is 11.3 Å². The topological polar surface area (TPSA) is 81.6 Å². The minimum Gasteiger partial charge on any atom is -0.308 e. The summed E-state index contributed by atoms with van der Waals surface area (Å²) in [4.78, 5) is 8.69. The molecule has 6 heteroatoms. The Labute approximate surface area is 93.5 Å². The number of aromatic nitrogens is 4. The second-order valence-corrected chi connectivity index (χ2v) is 3.72. The monoisotopic (exact) mass is 218 g/mol. The fraction of sp³-hybridized carbons (Fsp3) is 0.300. The second kappa shape index (κ2) is 4.28. The SMILES string of the molecule is CC(C)c1nc(NN)cc(-n2cccn2)n1. The van der Waals surface area contributed by atoms with Gasteiger partial charge in [0.25, 0.3) is 0 Å². The van der Waals surface area contributed by atoms with Gasteiger partial charge >= 0.3 is 0 Å². The molecule has 0 spiro atoms. The lowest BCUT2D eigenvalue weighted by atomic mass is 10.2. The van der Waals surface area contributed by atoms with E-state index in [0.29, 0.717) is 11.6 Å². The number of nitrogen functional groups attached to an aromatic ring is 1. The first kappa shape index (κ1) is 10.6. The van der Waals surface area contributed by atoms with E-state index in [4.69, 9.17) is 5.84 Å². The Morgan fingerprint density at radius 2 is 2.19 bits per heavy atom. The van der Waals surface area contributed by atoms with Gasteiger partial charge in [-0.05, 0) is 6.07 Å². The minimum atomic E-state index is 0.239. The fourth-order valence-electron chi connectivity index (χ4n) is 1.31. The van der Waals surface area contributed by atoms with Crippen LogP contribution in [-0.2, 0) is 0 Å². The van der Waals surface area contributed by atoms with E-state index in [-0.39, 0.29) is 5.92 Å². The molecule has 0 fully saturated rings. The number of anilines is 1. The number of nitrogens with two attached hydrogens (primary N) is 1. The Hall–Kier alpha value is -1.95. The van der Waals surface area contributed by atoms with E-state index in [1.54, 1.807) is 16.9 Å². The van der Waals surface area contributed by atoms with E-state index in [1.807, 2.05) is 26.1 Å². The summed E-state index contributed by atoms with van der Waals surface area (Å²) in [6.07, 6.45) is 3.53. The van der Waals surface area contributed by atoms with Crippen LogP contribution in [0.15, 0.2) is 24.5 Å². The largest absolute Gasteiger partial charge is 0.308 e. The molecular formula is C10H14N6. The van der Waals surface area contributed by atoms with Crippen LogP contribution in [-0.4, -0.2) is 19.7 Å². The van der Waals surface area contributed by atoms with Gasteiger partial charge in [-0.25, -0.2) is 20.5 Å². The first-order chi connectivity index (χ1) is 7.70. The van der Waals surface area contributed by atoms with Gasteiger partial charge in [0, 0.05) is 24.4 Å². The Balaban J connectivity index is 2.49. The molecule has 0 aliphatic carbocycles. The highest BCUT2D eigenvalue weighted by Crippen LogP contribution is 2.15. The lowest BCUT2D eigenvalue weighted by molar-refractivity contribution is 0.746. The molecule has 0 amide bonds. The zero-order valence-electron chi connectivity index (χ0n) is 9.25. The Kier molecular flexibility index (Phi) is 2.82. The minimum absolute atomic E-state index is 0.239. The summed E-state index contributed by atoms with van der Waals surface area (Å²) < 4.78 is 1.68. The molecular weight excluding hydrogens is 204 g/mol. The maximum absolute atomic E-state index is 5.37. The van der Waals surface area contributed by atoms with Gasteiger partial charge < -0.3 is 5.43 Å². The molecule has 0 bridgehead atoms. The molecule has 0 atom stereocenters. The molecule has 0 aliphatic heterocycles. The first-order valence-corrected chi connectivity index (χ1v) is 5.06. The highest BCUT2D eigenvalue weighted by atomic mass is 15.3. The molecule has 0 aromatic carbocycles. The van der Waals surface area contributed by atoms with Crippen molar-refractivity contribution in [2.75, 3.05) is 5.43 Å². The van der Waals surface area contributed by atoms with Crippen LogP contribution in [0.5, 0.6) is 0 Å². The molecule has 0 radical (unpaired) electrons. The van der Waals surface area contributed by atoms with E-state index in [9.17, 15) is 0 Å². The van der Waals surface area contributed by atoms with E-state index < -0.39 is 0 Å². The maximum atomic E-state index is 5.37. The van der Waals surface area contributed by atoms with Crippen molar-refractivity contribution in [3.05, 3.63) is 30.4 Å². The Morgan fingerprint density at radius 3 is 2.75 bits per heavy atom. The summed E-state index contributed by atoms with van der Waals surface area (Å²) in [7, 11) is 0. The molecule has 0 saturated heterocycles. The van der Waals surface area contributed by atoms with Gasteiger partial charge in [-0.3, -0.25) is 0 Å². The van der Waals surface area contributed by atoms with E-state index in [1.165, 1.54) is 0 Å². The average molecular weight is 218 g/mol. The predicted molar refractivity (Wildman–Crippen MR) is 61.1 cm³/mol. The van der Waals surface area contributed by atoms with Crippen molar-refractivity contribution in [1.29, 1.82) is 0 Å². The van der Waals surface area contributed by atoms with Crippen LogP contribution >= 0.6 is 0 Å². The van der Waals surface area contributed by atoms with E-state index in [2.05, 4.69) is 20.5 Å². The number of nitrogens with zero attached hydrogens (tertiary/aromatic N) is 4. The van der Waals surface area contributed by atoms with Crippen molar-refractivity contribution in [2.24, 2.45) is 5.84 Å². The Morgan fingerprint density at radius 1 is 1.38 bits per heavy atom. The summed E-state index contributed by atoms with van der Waals surface area (Å²) in [5.74, 6) is 7.64. The molecule has 0 unspecified atom stereocenters. The highest BCUT2D eigenvalue weighted by molar-refractivity contribution is 5.40. The zero-order valence-corrected chi connectivity index (χ0v) is 9.25. The summed E-state index contributed by atoms with van der Waals surface area (Å²) in [5, 5.41) is 4.12. The number of hydrazine groups is 1. The molecule has 0 aliphatic rings. The smallest absolute Gasteiger partial charge is 0.159 e. The first-order valence-electron chi connectivity index (χ1n) is 5.06. The summed E-state index contributed by atoms with van der Waals surface area (Å²) in [6.45, 7) is 4.06. The molecule has 84 valence electrons. The molecule has 2 heterocycles. The average Bonchev–Trinajstić information content (AvgIpc) is 2.81. The van der Waals surface area contributed by atoms with Crippen molar-refractivity contribution in [3.8, 4) is 5.82 Å². The maximum Gasteiger partial charge on any atom is 0.159 e. The van der Waals surface area contributed by atoms with Crippen LogP contribution in [0.1, 0.15) is 25.6 Å². The normalized spacial score (nSPS) is 10.8. The highest BCUT2D eigenvalue weighted by Gasteiger charge is 2.08. The molecule has 2 aromatic heterocycles. The molecule has 0 saturated carbocycles. The van der Waals surface area contributed by atoms with E-state index >= 15 is 0 Å². The van der Waals surface area contributed by atoms with Gasteiger partial charge in [-0.1, -0.05) is 13.8 Å². The quantitative estimate of drug-likeness (QED) is 0.595. The van der Waals surface area contributed by atoms with Crippen molar-refractivity contribution in [1.82, 2.24) is 19.7 Å². The van der Waals surface area contributed by atoms with Crippen LogP contribution in [0.3, 0.4) is 0 Å². The number of hydrogen-bond donors (Lipinski definition) is 2. The van der Waals surface area contributed by atoms with Crippen molar-refractivity contribution in [3.63, 3.8) is 0 Å². The second-order valence-electron chi connectivity index (χ2n) is 3.72. The zero-order chi connectivity index (χ0) is 11.5. The number of hydrogen-bond acceptors (Lipinski definition) is 5. The summed E-state index contributed by atoms with van der Waals surface area (Å²) >= 11 is 0. The third kappa shape index (κ3) is 2.01. The van der Waals surface area contributed by atoms with Gasteiger partial charge in [0.15, 0.2) is 5.82 Å². The lowest BCUT2D eigenvalue weighted by Gasteiger charge is -2.09. The molecule has 6 nitrogen and oxygen atoms in total. The summed E-state index contributed by atoms with van der Waals surface area (Å²) in [6, 6.07) is 3.59. The molecule has 16 heavy (non-hydrogen) atoms. The van der Waals surface area contributed by atoms with Crippen LogP contribution in [0.25, 0.3) is 5.82 Å². The number of nitrogens with one attached hydrogen (secondary N) is 1. The van der Waals surface area contributed by atoms with Gasteiger partial charge in [0.1, 0.15) is 11.6 Å². The molecule has 2 aromatic rings. The Bertz CT molecular complexity index is 462. The standard InChI is InChI=1S/C10H14N6/c1-7(2)10-13-8(15-11)6-9(14-10)16-5-3-4-12-16/h3-7H,11H2,1-2H3,(H,13,14,15). The third-order valence-electron chi connectivity index (χ3n) is 2.13. The van der Waals surface area contributed by atoms with Gasteiger partial charge in [0.05, 0.1) is 0 Å².